The molecule has 0 radical (unpaired) electrons. The van der Waals surface area contributed by atoms with Crippen LogP contribution in [0, 0.1) is 6.92 Å². The number of halogens is 1. The first-order chi connectivity index (χ1) is 10.1. The van der Waals surface area contributed by atoms with Gasteiger partial charge in [-0.2, -0.15) is 0 Å². The summed E-state index contributed by atoms with van der Waals surface area (Å²) in [4.78, 5) is 8.74. The minimum absolute atomic E-state index is 0.400. The van der Waals surface area contributed by atoms with Crippen LogP contribution in [0.15, 0.2) is 28.7 Å². The van der Waals surface area contributed by atoms with Gasteiger partial charge in [0.15, 0.2) is 0 Å². The van der Waals surface area contributed by atoms with Crippen molar-refractivity contribution in [3.05, 3.63) is 38.6 Å². The first-order valence-electron chi connectivity index (χ1n) is 7.33. The fourth-order valence-electron chi connectivity index (χ4n) is 2.72. The van der Waals surface area contributed by atoms with Gasteiger partial charge in [-0.3, -0.25) is 4.90 Å². The van der Waals surface area contributed by atoms with E-state index in [0.29, 0.717) is 6.04 Å². The van der Waals surface area contributed by atoms with Crippen molar-refractivity contribution in [3.63, 3.8) is 0 Å². The van der Waals surface area contributed by atoms with Gasteiger partial charge in [0.1, 0.15) is 5.01 Å². The van der Waals surface area contributed by atoms with Crippen LogP contribution in [0.3, 0.4) is 0 Å². The second-order valence-corrected chi connectivity index (χ2v) is 7.58. The number of nitrogens with zero attached hydrogens (tertiary/aromatic N) is 2. The van der Waals surface area contributed by atoms with E-state index in [0.717, 1.165) is 36.3 Å². The maximum Gasteiger partial charge on any atom is 0.110 e. The highest BCUT2D eigenvalue weighted by molar-refractivity contribution is 9.10. The van der Waals surface area contributed by atoms with Gasteiger partial charge in [-0.05, 0) is 26.0 Å². The van der Waals surface area contributed by atoms with Gasteiger partial charge >= 0.3 is 0 Å². The van der Waals surface area contributed by atoms with Crippen molar-refractivity contribution in [2.45, 2.75) is 19.9 Å². The van der Waals surface area contributed by atoms with Crippen molar-refractivity contribution >= 4 is 27.3 Å². The summed E-state index contributed by atoms with van der Waals surface area (Å²) in [6, 6.07) is 8.79. The molecule has 3 nitrogen and oxygen atoms in total. The van der Waals surface area contributed by atoms with Gasteiger partial charge in [0.2, 0.25) is 0 Å². The second-order valence-electron chi connectivity index (χ2n) is 5.43. The SMILES string of the molecule is Cc1sc(C(C)N2CCNCC2)nc1-c1cccc(Br)c1. The number of benzene rings is 1. The molecule has 1 atom stereocenters. The smallest absolute Gasteiger partial charge is 0.110 e. The molecule has 1 N–H and O–H groups in total. The van der Waals surface area contributed by atoms with Gasteiger partial charge in [-0.25, -0.2) is 4.98 Å². The van der Waals surface area contributed by atoms with Crippen molar-refractivity contribution in [1.82, 2.24) is 15.2 Å². The first kappa shape index (κ1) is 15.2. The summed E-state index contributed by atoms with van der Waals surface area (Å²) in [5, 5.41) is 4.63. The van der Waals surface area contributed by atoms with E-state index in [9.17, 15) is 0 Å². The Morgan fingerprint density at radius 1 is 1.33 bits per heavy atom. The molecule has 2 heterocycles. The summed E-state index contributed by atoms with van der Waals surface area (Å²) in [6.45, 7) is 8.80. The van der Waals surface area contributed by atoms with Crippen LogP contribution in [-0.2, 0) is 0 Å². The summed E-state index contributed by atoms with van der Waals surface area (Å²) in [7, 11) is 0. The van der Waals surface area contributed by atoms with Crippen LogP contribution in [0.1, 0.15) is 22.9 Å². The third-order valence-electron chi connectivity index (χ3n) is 3.97. The lowest BCUT2D eigenvalue weighted by molar-refractivity contribution is 0.185. The molecule has 1 fully saturated rings. The zero-order chi connectivity index (χ0) is 14.8. The summed E-state index contributed by atoms with van der Waals surface area (Å²) in [6.07, 6.45) is 0. The molecule has 0 saturated carbocycles. The molecule has 1 aromatic carbocycles. The largest absolute Gasteiger partial charge is 0.314 e. The highest BCUT2D eigenvalue weighted by Crippen LogP contribution is 2.33. The summed E-state index contributed by atoms with van der Waals surface area (Å²) >= 11 is 5.37. The first-order valence-corrected chi connectivity index (χ1v) is 8.94. The molecule has 2 aromatic rings. The third-order valence-corrected chi connectivity index (χ3v) is 5.60. The van der Waals surface area contributed by atoms with E-state index in [1.807, 2.05) is 11.3 Å². The van der Waals surface area contributed by atoms with Gasteiger partial charge in [0.05, 0.1) is 11.7 Å². The van der Waals surface area contributed by atoms with Crippen LogP contribution in [-0.4, -0.2) is 36.1 Å². The van der Waals surface area contributed by atoms with E-state index >= 15 is 0 Å². The summed E-state index contributed by atoms with van der Waals surface area (Å²) in [5.74, 6) is 0. The fraction of sp³-hybridized carbons (Fsp3) is 0.438. The van der Waals surface area contributed by atoms with Crippen LogP contribution in [0.5, 0.6) is 0 Å². The Kier molecular flexibility index (Phi) is 4.74. The molecule has 112 valence electrons. The standard InChI is InChI=1S/C16H20BrN3S/c1-11(20-8-6-18-7-9-20)16-19-15(12(2)21-16)13-4-3-5-14(17)10-13/h3-5,10-11,18H,6-9H2,1-2H3. The highest BCUT2D eigenvalue weighted by Gasteiger charge is 2.22. The molecular weight excluding hydrogens is 346 g/mol. The Bertz CT molecular complexity index is 620. The van der Waals surface area contributed by atoms with E-state index in [2.05, 4.69) is 64.3 Å². The average Bonchev–Trinajstić information content (AvgIpc) is 2.89. The minimum Gasteiger partial charge on any atom is -0.314 e. The lowest BCUT2D eigenvalue weighted by Gasteiger charge is -2.31. The van der Waals surface area contributed by atoms with Gasteiger partial charge in [0.25, 0.3) is 0 Å². The fourth-order valence-corrected chi connectivity index (χ4v) is 4.15. The Hall–Kier alpha value is -0.750. The minimum atomic E-state index is 0.400. The molecular formula is C16H20BrN3S. The molecule has 1 aliphatic rings. The topological polar surface area (TPSA) is 28.2 Å². The number of hydrogen-bond acceptors (Lipinski definition) is 4. The van der Waals surface area contributed by atoms with E-state index < -0.39 is 0 Å². The molecule has 3 rings (SSSR count). The zero-order valence-corrected chi connectivity index (χ0v) is 14.8. The predicted octanol–water partition coefficient (Wildman–Crippen LogP) is 3.85. The maximum atomic E-state index is 4.93. The lowest BCUT2D eigenvalue weighted by Crippen LogP contribution is -2.44. The third kappa shape index (κ3) is 3.37. The van der Waals surface area contributed by atoms with E-state index in [1.165, 1.54) is 15.4 Å². The van der Waals surface area contributed by atoms with Crippen molar-refractivity contribution in [2.24, 2.45) is 0 Å². The van der Waals surface area contributed by atoms with Crippen LogP contribution in [0.2, 0.25) is 0 Å². The lowest BCUT2D eigenvalue weighted by atomic mass is 10.1. The number of thiazole rings is 1. The van der Waals surface area contributed by atoms with Crippen molar-refractivity contribution in [1.29, 1.82) is 0 Å². The number of aryl methyl sites for hydroxylation is 1. The quantitative estimate of drug-likeness (QED) is 0.895. The number of aromatic nitrogens is 1. The molecule has 0 bridgehead atoms. The van der Waals surface area contributed by atoms with Gasteiger partial charge in [-0.1, -0.05) is 28.1 Å². The van der Waals surface area contributed by atoms with E-state index in [4.69, 9.17) is 4.98 Å². The zero-order valence-electron chi connectivity index (χ0n) is 12.4. The Balaban J connectivity index is 1.87. The molecule has 21 heavy (non-hydrogen) atoms. The summed E-state index contributed by atoms with van der Waals surface area (Å²) < 4.78 is 1.10. The molecule has 0 spiro atoms. The number of nitrogens with one attached hydrogen (secondary N) is 1. The monoisotopic (exact) mass is 365 g/mol. The Labute approximate surface area is 138 Å². The van der Waals surface area contributed by atoms with Gasteiger partial charge in [0, 0.05) is 41.1 Å². The van der Waals surface area contributed by atoms with Crippen LogP contribution in [0.25, 0.3) is 11.3 Å². The molecule has 1 aromatic heterocycles. The van der Waals surface area contributed by atoms with Crippen molar-refractivity contribution in [3.8, 4) is 11.3 Å². The maximum absolute atomic E-state index is 4.93. The second kappa shape index (κ2) is 6.57. The Morgan fingerprint density at radius 2 is 2.10 bits per heavy atom. The Morgan fingerprint density at radius 3 is 2.81 bits per heavy atom. The predicted molar refractivity (Wildman–Crippen MR) is 92.8 cm³/mol. The van der Waals surface area contributed by atoms with Crippen LogP contribution < -0.4 is 5.32 Å². The van der Waals surface area contributed by atoms with Crippen molar-refractivity contribution < 1.29 is 0 Å². The van der Waals surface area contributed by atoms with Crippen molar-refractivity contribution in [2.75, 3.05) is 26.2 Å². The van der Waals surface area contributed by atoms with Crippen LogP contribution >= 0.6 is 27.3 Å². The van der Waals surface area contributed by atoms with Crippen LogP contribution in [0.4, 0.5) is 0 Å². The molecule has 0 amide bonds. The molecule has 1 saturated heterocycles. The molecule has 5 heteroatoms. The number of piperazine rings is 1. The molecule has 1 unspecified atom stereocenters. The highest BCUT2D eigenvalue weighted by atomic mass is 79.9. The molecule has 0 aliphatic carbocycles. The normalized spacial score (nSPS) is 17.9. The summed E-state index contributed by atoms with van der Waals surface area (Å²) in [5.41, 5.74) is 2.31. The molecule has 1 aliphatic heterocycles. The van der Waals surface area contributed by atoms with E-state index in [-0.39, 0.29) is 0 Å². The van der Waals surface area contributed by atoms with Gasteiger partial charge < -0.3 is 5.32 Å². The van der Waals surface area contributed by atoms with Gasteiger partial charge in [-0.15, -0.1) is 11.3 Å². The number of hydrogen-bond donors (Lipinski definition) is 1. The number of rotatable bonds is 3. The van der Waals surface area contributed by atoms with E-state index in [1.54, 1.807) is 0 Å². The average molecular weight is 366 g/mol.